The minimum atomic E-state index is -0.466. The van der Waals surface area contributed by atoms with Gasteiger partial charge in [0.05, 0.1) is 18.9 Å². The Bertz CT molecular complexity index is 564. The molecule has 0 aliphatic rings. The molecule has 0 spiro atoms. The van der Waals surface area contributed by atoms with Gasteiger partial charge in [0.2, 0.25) is 0 Å². The fourth-order valence-corrected chi connectivity index (χ4v) is 1.89. The van der Waals surface area contributed by atoms with Crippen LogP contribution in [0.25, 0.3) is 0 Å². The second-order valence-electron chi connectivity index (χ2n) is 4.67. The molecule has 0 saturated heterocycles. The van der Waals surface area contributed by atoms with E-state index >= 15 is 0 Å². The highest BCUT2D eigenvalue weighted by atomic mass is 16.5. The van der Waals surface area contributed by atoms with Gasteiger partial charge in [-0.15, -0.1) is 0 Å². The number of aryl methyl sites for hydroxylation is 1. The first-order valence-electron chi connectivity index (χ1n) is 6.51. The molecule has 106 valence electrons. The van der Waals surface area contributed by atoms with Crippen LogP contribution < -0.4 is 9.47 Å². The molecule has 0 aliphatic carbocycles. The van der Waals surface area contributed by atoms with Gasteiger partial charge in [-0.2, -0.15) is 0 Å². The van der Waals surface area contributed by atoms with Crippen LogP contribution in [0.5, 0.6) is 11.5 Å². The number of methoxy groups -OCH3 is 1. The number of aromatic nitrogens is 1. The Hall–Kier alpha value is -2.07. The van der Waals surface area contributed by atoms with Gasteiger partial charge >= 0.3 is 0 Å². The zero-order valence-corrected chi connectivity index (χ0v) is 12.0. The molecule has 20 heavy (non-hydrogen) atoms. The maximum Gasteiger partial charge on any atom is 0.130 e. The van der Waals surface area contributed by atoms with Gasteiger partial charge < -0.3 is 14.6 Å². The molecule has 1 aromatic carbocycles. The lowest BCUT2D eigenvalue weighted by Crippen LogP contribution is -2.01. The van der Waals surface area contributed by atoms with Crippen LogP contribution in [0.15, 0.2) is 36.4 Å². The van der Waals surface area contributed by atoms with E-state index in [0.717, 1.165) is 28.5 Å². The summed E-state index contributed by atoms with van der Waals surface area (Å²) in [5, 5.41) is 9.45. The van der Waals surface area contributed by atoms with Crippen LogP contribution in [0.2, 0.25) is 0 Å². The van der Waals surface area contributed by atoms with Crippen molar-refractivity contribution in [2.45, 2.75) is 26.6 Å². The van der Waals surface area contributed by atoms with Crippen molar-refractivity contribution < 1.29 is 14.6 Å². The fraction of sp³-hybridized carbons (Fsp3) is 0.312. The van der Waals surface area contributed by atoms with Gasteiger partial charge in [-0.25, -0.2) is 0 Å². The van der Waals surface area contributed by atoms with Crippen molar-refractivity contribution in [2.75, 3.05) is 7.11 Å². The van der Waals surface area contributed by atoms with Gasteiger partial charge in [0, 0.05) is 17.8 Å². The van der Waals surface area contributed by atoms with E-state index in [1.54, 1.807) is 14.0 Å². The zero-order valence-electron chi connectivity index (χ0n) is 12.0. The van der Waals surface area contributed by atoms with Crippen LogP contribution >= 0.6 is 0 Å². The van der Waals surface area contributed by atoms with E-state index < -0.39 is 6.10 Å². The summed E-state index contributed by atoms with van der Waals surface area (Å²) in [5.74, 6) is 1.53. The number of hydrogen-bond acceptors (Lipinski definition) is 4. The molecular formula is C16H19NO3. The Morgan fingerprint density at radius 1 is 1.15 bits per heavy atom. The molecule has 4 nitrogen and oxygen atoms in total. The molecular weight excluding hydrogens is 254 g/mol. The number of pyridine rings is 1. The maximum absolute atomic E-state index is 9.45. The first kappa shape index (κ1) is 14.3. The van der Waals surface area contributed by atoms with Gasteiger partial charge in [-0.3, -0.25) is 4.98 Å². The van der Waals surface area contributed by atoms with Crippen LogP contribution in [0, 0.1) is 6.92 Å². The molecule has 0 amide bonds. The molecule has 0 radical (unpaired) electrons. The highest BCUT2D eigenvalue weighted by molar-refractivity contribution is 5.29. The molecule has 4 heteroatoms. The molecule has 0 saturated carbocycles. The Kier molecular flexibility index (Phi) is 4.58. The monoisotopic (exact) mass is 273 g/mol. The first-order chi connectivity index (χ1) is 9.58. The average Bonchev–Trinajstić information content (AvgIpc) is 2.45. The van der Waals surface area contributed by atoms with Crippen molar-refractivity contribution in [3.63, 3.8) is 0 Å². The quantitative estimate of drug-likeness (QED) is 0.909. The Morgan fingerprint density at radius 2 is 1.85 bits per heavy atom. The Labute approximate surface area is 119 Å². The summed E-state index contributed by atoms with van der Waals surface area (Å²) in [6, 6.07) is 11.1. The molecule has 0 aliphatic heterocycles. The molecule has 0 fully saturated rings. The Morgan fingerprint density at radius 3 is 2.45 bits per heavy atom. The average molecular weight is 273 g/mol. The predicted octanol–water partition coefficient (Wildman–Crippen LogP) is 3.03. The molecule has 1 atom stereocenters. The molecule has 1 N–H and O–H groups in total. The van der Waals surface area contributed by atoms with Gasteiger partial charge in [-0.05, 0) is 31.5 Å². The molecule has 2 aromatic rings. The number of aliphatic hydroxyl groups excluding tert-OH is 1. The number of ether oxygens (including phenoxy) is 2. The molecule has 2 rings (SSSR count). The second kappa shape index (κ2) is 6.39. The van der Waals surface area contributed by atoms with E-state index in [2.05, 4.69) is 4.98 Å². The van der Waals surface area contributed by atoms with E-state index in [1.807, 2.05) is 43.3 Å². The number of aliphatic hydroxyl groups is 1. The van der Waals surface area contributed by atoms with Crippen LogP contribution in [0.1, 0.15) is 30.0 Å². The van der Waals surface area contributed by atoms with Crippen molar-refractivity contribution in [1.29, 1.82) is 0 Å². The largest absolute Gasteiger partial charge is 0.497 e. The number of hydrogen-bond donors (Lipinski definition) is 1. The number of nitrogens with zero attached hydrogens (tertiary/aromatic N) is 1. The van der Waals surface area contributed by atoms with E-state index in [0.29, 0.717) is 6.61 Å². The predicted molar refractivity (Wildman–Crippen MR) is 76.9 cm³/mol. The number of rotatable bonds is 5. The van der Waals surface area contributed by atoms with Crippen LogP contribution in [0.3, 0.4) is 0 Å². The molecule has 0 bridgehead atoms. The third-order valence-electron chi connectivity index (χ3n) is 2.96. The fourth-order valence-electron chi connectivity index (χ4n) is 1.89. The summed E-state index contributed by atoms with van der Waals surface area (Å²) in [6.45, 7) is 4.04. The minimum Gasteiger partial charge on any atom is -0.497 e. The van der Waals surface area contributed by atoms with Crippen molar-refractivity contribution in [1.82, 2.24) is 4.98 Å². The van der Waals surface area contributed by atoms with E-state index in [4.69, 9.17) is 9.47 Å². The molecule has 1 aromatic heterocycles. The lowest BCUT2D eigenvalue weighted by molar-refractivity contribution is 0.199. The normalized spacial score (nSPS) is 12.0. The van der Waals surface area contributed by atoms with Gasteiger partial charge in [0.25, 0.3) is 0 Å². The maximum atomic E-state index is 9.45. The summed E-state index contributed by atoms with van der Waals surface area (Å²) in [7, 11) is 1.63. The SMILES string of the molecule is COc1cc(C)nc(COc2ccc([C@@H](C)O)cc2)c1. The van der Waals surface area contributed by atoms with Crippen LogP contribution in [-0.4, -0.2) is 17.2 Å². The minimum absolute atomic E-state index is 0.381. The zero-order chi connectivity index (χ0) is 14.5. The van der Waals surface area contributed by atoms with Gasteiger partial charge in [-0.1, -0.05) is 12.1 Å². The van der Waals surface area contributed by atoms with Crippen molar-refractivity contribution in [2.24, 2.45) is 0 Å². The van der Waals surface area contributed by atoms with Crippen molar-refractivity contribution in [3.05, 3.63) is 53.3 Å². The number of benzene rings is 1. The summed E-state index contributed by atoms with van der Waals surface area (Å²) in [5.41, 5.74) is 2.58. The lowest BCUT2D eigenvalue weighted by Gasteiger charge is -2.09. The second-order valence-corrected chi connectivity index (χ2v) is 4.67. The third kappa shape index (κ3) is 3.71. The topological polar surface area (TPSA) is 51.6 Å². The standard InChI is InChI=1S/C16H19NO3/c1-11-8-16(19-3)9-14(17-11)10-20-15-6-4-13(5-7-15)12(2)18/h4-9,12,18H,10H2,1-3H3/t12-/m1/s1. The summed E-state index contributed by atoms with van der Waals surface area (Å²) in [4.78, 5) is 4.40. The summed E-state index contributed by atoms with van der Waals surface area (Å²) < 4.78 is 10.9. The lowest BCUT2D eigenvalue weighted by atomic mass is 10.1. The van der Waals surface area contributed by atoms with E-state index in [1.165, 1.54) is 0 Å². The van der Waals surface area contributed by atoms with Gasteiger partial charge in [0.1, 0.15) is 18.1 Å². The van der Waals surface area contributed by atoms with E-state index in [9.17, 15) is 5.11 Å². The molecule has 0 unspecified atom stereocenters. The summed E-state index contributed by atoms with van der Waals surface area (Å²) >= 11 is 0. The first-order valence-corrected chi connectivity index (χ1v) is 6.51. The highest BCUT2D eigenvalue weighted by Crippen LogP contribution is 2.19. The Balaban J connectivity index is 2.03. The van der Waals surface area contributed by atoms with Crippen LogP contribution in [-0.2, 0) is 6.61 Å². The van der Waals surface area contributed by atoms with Crippen molar-refractivity contribution in [3.8, 4) is 11.5 Å². The molecule has 1 heterocycles. The van der Waals surface area contributed by atoms with Crippen molar-refractivity contribution >= 4 is 0 Å². The summed E-state index contributed by atoms with van der Waals surface area (Å²) in [6.07, 6.45) is -0.466. The van der Waals surface area contributed by atoms with E-state index in [-0.39, 0.29) is 0 Å². The van der Waals surface area contributed by atoms with Crippen LogP contribution in [0.4, 0.5) is 0 Å². The van der Waals surface area contributed by atoms with Gasteiger partial charge in [0.15, 0.2) is 0 Å². The highest BCUT2D eigenvalue weighted by Gasteiger charge is 2.03. The smallest absolute Gasteiger partial charge is 0.130 e. The third-order valence-corrected chi connectivity index (χ3v) is 2.96.